The third kappa shape index (κ3) is 5.49. The quantitative estimate of drug-likeness (QED) is 0.585. The summed E-state index contributed by atoms with van der Waals surface area (Å²) in [6.07, 6.45) is 0.391. The number of benzene rings is 1. The Kier molecular flexibility index (Phi) is 5.25. The zero-order chi connectivity index (χ0) is 12.0. The van der Waals surface area contributed by atoms with E-state index in [1.165, 1.54) is 0 Å². The maximum atomic E-state index is 10.7. The zero-order valence-corrected chi connectivity index (χ0v) is 10.7. The van der Waals surface area contributed by atoms with Gasteiger partial charge < -0.3 is 4.74 Å². The summed E-state index contributed by atoms with van der Waals surface area (Å²) in [5.41, 5.74) is 1.08. The van der Waals surface area contributed by atoms with Crippen molar-refractivity contribution in [1.29, 1.82) is 0 Å². The highest BCUT2D eigenvalue weighted by Crippen LogP contribution is 2.16. The molecule has 0 saturated carbocycles. The van der Waals surface area contributed by atoms with Crippen molar-refractivity contribution in [2.45, 2.75) is 19.4 Å². The van der Waals surface area contributed by atoms with E-state index in [4.69, 9.17) is 15.4 Å². The summed E-state index contributed by atoms with van der Waals surface area (Å²) < 4.78 is 26.8. The second-order valence-electron chi connectivity index (χ2n) is 3.52. The Morgan fingerprint density at radius 2 is 1.94 bits per heavy atom. The lowest BCUT2D eigenvalue weighted by Crippen LogP contribution is -2.05. The Bertz CT molecular complexity index is 402. The van der Waals surface area contributed by atoms with E-state index in [2.05, 4.69) is 0 Å². The standard InChI is InChI=1S/C11H15ClO3S/c1-10(11-6-3-2-4-7-11)15-8-5-9-16(12,13)14/h2-4,6-7,10H,5,8-9H2,1H3. The van der Waals surface area contributed by atoms with E-state index in [1.54, 1.807) is 0 Å². The van der Waals surface area contributed by atoms with Crippen LogP contribution in [0, 0.1) is 0 Å². The van der Waals surface area contributed by atoms with E-state index in [9.17, 15) is 8.42 Å². The number of rotatable bonds is 6. The molecule has 0 bridgehead atoms. The minimum atomic E-state index is -3.39. The zero-order valence-electron chi connectivity index (χ0n) is 9.10. The second-order valence-corrected chi connectivity index (χ2v) is 6.42. The van der Waals surface area contributed by atoms with Gasteiger partial charge in [-0.05, 0) is 18.9 Å². The smallest absolute Gasteiger partial charge is 0.232 e. The van der Waals surface area contributed by atoms with Gasteiger partial charge in [0.2, 0.25) is 9.05 Å². The van der Waals surface area contributed by atoms with Gasteiger partial charge in [0.15, 0.2) is 0 Å². The number of hydrogen-bond donors (Lipinski definition) is 0. The summed E-state index contributed by atoms with van der Waals surface area (Å²) in [6, 6.07) is 9.78. The van der Waals surface area contributed by atoms with Crippen molar-refractivity contribution in [2.24, 2.45) is 0 Å². The van der Waals surface area contributed by atoms with Crippen LogP contribution in [0.5, 0.6) is 0 Å². The molecule has 0 N–H and O–H groups in total. The first-order chi connectivity index (χ1) is 7.49. The third-order valence-electron chi connectivity index (χ3n) is 2.17. The van der Waals surface area contributed by atoms with Gasteiger partial charge in [0.1, 0.15) is 0 Å². The minimum absolute atomic E-state index is 0.0285. The lowest BCUT2D eigenvalue weighted by molar-refractivity contribution is 0.0666. The van der Waals surface area contributed by atoms with E-state index >= 15 is 0 Å². The van der Waals surface area contributed by atoms with Crippen molar-refractivity contribution in [3.63, 3.8) is 0 Å². The summed E-state index contributed by atoms with van der Waals surface area (Å²) in [4.78, 5) is 0. The molecule has 0 fully saturated rings. The van der Waals surface area contributed by atoms with Crippen LogP contribution in [0.2, 0.25) is 0 Å². The average Bonchev–Trinajstić information content (AvgIpc) is 2.24. The molecule has 0 aromatic heterocycles. The summed E-state index contributed by atoms with van der Waals surface area (Å²) in [5, 5.41) is 0. The van der Waals surface area contributed by atoms with Crippen molar-refractivity contribution in [3.05, 3.63) is 35.9 Å². The number of halogens is 1. The van der Waals surface area contributed by atoms with Gasteiger partial charge in [-0.2, -0.15) is 0 Å². The molecule has 1 aromatic rings. The molecule has 5 heteroatoms. The van der Waals surface area contributed by atoms with Crippen LogP contribution in [0.3, 0.4) is 0 Å². The van der Waals surface area contributed by atoms with E-state index in [-0.39, 0.29) is 11.9 Å². The first kappa shape index (κ1) is 13.5. The SMILES string of the molecule is CC(OCCCS(=O)(=O)Cl)c1ccccc1. The average molecular weight is 263 g/mol. The Hall–Kier alpha value is -0.580. The Morgan fingerprint density at radius 1 is 1.31 bits per heavy atom. The molecule has 0 heterocycles. The monoisotopic (exact) mass is 262 g/mol. The lowest BCUT2D eigenvalue weighted by Gasteiger charge is -2.12. The van der Waals surface area contributed by atoms with Crippen LogP contribution in [0.15, 0.2) is 30.3 Å². The Balaban J connectivity index is 2.29. The fourth-order valence-electron chi connectivity index (χ4n) is 1.31. The van der Waals surface area contributed by atoms with Crippen molar-refractivity contribution in [2.75, 3.05) is 12.4 Å². The van der Waals surface area contributed by atoms with E-state index in [1.807, 2.05) is 37.3 Å². The molecule has 1 unspecified atom stereocenters. The fraction of sp³-hybridized carbons (Fsp3) is 0.455. The summed E-state index contributed by atoms with van der Waals surface area (Å²) in [5.74, 6) is -0.0456. The molecule has 0 spiro atoms. The van der Waals surface area contributed by atoms with Gasteiger partial charge in [0.05, 0.1) is 11.9 Å². The fourth-order valence-corrected chi connectivity index (χ4v) is 2.10. The summed E-state index contributed by atoms with van der Waals surface area (Å²) in [6.45, 7) is 2.33. The molecule has 16 heavy (non-hydrogen) atoms. The molecule has 0 aliphatic rings. The predicted molar refractivity (Wildman–Crippen MR) is 65.1 cm³/mol. The van der Waals surface area contributed by atoms with Crippen LogP contribution >= 0.6 is 10.7 Å². The molecule has 0 aliphatic heterocycles. The van der Waals surface area contributed by atoms with Gasteiger partial charge >= 0.3 is 0 Å². The molecule has 0 radical (unpaired) electrons. The molecule has 0 aliphatic carbocycles. The van der Waals surface area contributed by atoms with Crippen molar-refractivity contribution < 1.29 is 13.2 Å². The van der Waals surface area contributed by atoms with Gasteiger partial charge in [-0.15, -0.1) is 0 Å². The maximum Gasteiger partial charge on any atom is 0.232 e. The Labute approximate surface area is 101 Å². The van der Waals surface area contributed by atoms with Crippen LogP contribution < -0.4 is 0 Å². The van der Waals surface area contributed by atoms with Crippen LogP contribution in [0.1, 0.15) is 25.0 Å². The van der Waals surface area contributed by atoms with Gasteiger partial charge in [-0.25, -0.2) is 8.42 Å². The van der Waals surface area contributed by atoms with E-state index < -0.39 is 9.05 Å². The lowest BCUT2D eigenvalue weighted by atomic mass is 10.1. The highest BCUT2D eigenvalue weighted by molar-refractivity contribution is 8.13. The van der Waals surface area contributed by atoms with Crippen molar-refractivity contribution >= 4 is 19.7 Å². The summed E-state index contributed by atoms with van der Waals surface area (Å²) in [7, 11) is 1.69. The van der Waals surface area contributed by atoms with Crippen molar-refractivity contribution in [3.8, 4) is 0 Å². The van der Waals surface area contributed by atoms with Crippen LogP contribution in [0.25, 0.3) is 0 Å². The first-order valence-electron chi connectivity index (χ1n) is 5.08. The van der Waals surface area contributed by atoms with Gasteiger partial charge in [-0.3, -0.25) is 0 Å². The predicted octanol–water partition coefficient (Wildman–Crippen LogP) is 2.72. The molecular formula is C11H15ClO3S. The molecule has 90 valence electrons. The van der Waals surface area contributed by atoms with Gasteiger partial charge in [0.25, 0.3) is 0 Å². The minimum Gasteiger partial charge on any atom is -0.374 e. The summed E-state index contributed by atoms with van der Waals surface area (Å²) >= 11 is 0. The molecular weight excluding hydrogens is 248 g/mol. The third-order valence-corrected chi connectivity index (χ3v) is 3.41. The first-order valence-corrected chi connectivity index (χ1v) is 7.56. The highest BCUT2D eigenvalue weighted by Gasteiger charge is 2.07. The molecule has 0 saturated heterocycles. The Morgan fingerprint density at radius 3 is 2.50 bits per heavy atom. The molecule has 1 aromatic carbocycles. The topological polar surface area (TPSA) is 43.4 Å². The van der Waals surface area contributed by atoms with Crippen LogP contribution in [-0.2, 0) is 13.8 Å². The van der Waals surface area contributed by atoms with Gasteiger partial charge in [0, 0.05) is 17.3 Å². The molecule has 3 nitrogen and oxygen atoms in total. The maximum absolute atomic E-state index is 10.7. The number of ether oxygens (including phenoxy) is 1. The number of hydrogen-bond acceptors (Lipinski definition) is 3. The highest BCUT2D eigenvalue weighted by atomic mass is 35.7. The van der Waals surface area contributed by atoms with Gasteiger partial charge in [-0.1, -0.05) is 30.3 Å². The molecule has 1 atom stereocenters. The molecule has 0 amide bonds. The van der Waals surface area contributed by atoms with E-state index in [0.717, 1.165) is 5.56 Å². The van der Waals surface area contributed by atoms with E-state index in [0.29, 0.717) is 13.0 Å². The van der Waals surface area contributed by atoms with Crippen LogP contribution in [-0.4, -0.2) is 20.8 Å². The van der Waals surface area contributed by atoms with Crippen LogP contribution in [0.4, 0.5) is 0 Å². The normalized spacial score (nSPS) is 13.6. The largest absolute Gasteiger partial charge is 0.374 e. The molecule has 1 rings (SSSR count). The second kappa shape index (κ2) is 6.23. The van der Waals surface area contributed by atoms with Crippen molar-refractivity contribution in [1.82, 2.24) is 0 Å².